The molecule has 12 nitrogen and oxygen atoms in total. The molecule has 0 radical (unpaired) electrons. The minimum Gasteiger partial charge on any atom is -0.387 e. The Morgan fingerprint density at radius 3 is 2.41 bits per heavy atom. The van der Waals surface area contributed by atoms with E-state index in [9.17, 15) is 15.0 Å². The predicted molar refractivity (Wildman–Crippen MR) is 191 cm³/mol. The van der Waals surface area contributed by atoms with Crippen LogP contribution in [0.15, 0.2) is 54.6 Å². The molecule has 8 N–H and O–H groups in total. The number of aliphatic hydroxyl groups excluding tert-OH is 2. The summed E-state index contributed by atoms with van der Waals surface area (Å²) < 4.78 is 6.57. The Hall–Kier alpha value is -2.65. The molecule has 49 heavy (non-hydrogen) atoms. The van der Waals surface area contributed by atoms with Crippen molar-refractivity contribution < 1.29 is 19.7 Å². The fraction of sp³-hybridized carbons (Fsp3) is 0.649. The molecule has 3 aliphatic heterocycles. The first kappa shape index (κ1) is 36.2. The van der Waals surface area contributed by atoms with Crippen molar-refractivity contribution in [3.63, 3.8) is 0 Å². The maximum atomic E-state index is 12.7. The number of carbonyl (C=O) groups is 1. The van der Waals surface area contributed by atoms with Crippen LogP contribution in [0.3, 0.4) is 0 Å². The maximum Gasteiger partial charge on any atom is 0.319 e. The zero-order chi connectivity index (χ0) is 34.5. The standard InChI is InChI=1S/C37H58N8O4/c1-37(2,3)26-15-17-27(18-16-26)42-36(48)39-19-10-20-43(21-25-11-6-4-7-12-25)22-29-31(46)32(47)35(49-29)45-23-40-30-33(38)41-24-44(34(30)45)28-13-8-5-9-14-28/h4,6-7,11-12,15-18,28-35,40-41,46-47H,5,8-10,13-14,19-24,38H2,1-3H3,(H2,39,42,48). The summed E-state index contributed by atoms with van der Waals surface area (Å²) in [6.45, 7) is 9.99. The van der Waals surface area contributed by atoms with Gasteiger partial charge in [0.15, 0.2) is 0 Å². The summed E-state index contributed by atoms with van der Waals surface area (Å²) in [5.74, 6) is 0. The summed E-state index contributed by atoms with van der Waals surface area (Å²) >= 11 is 0. The molecular weight excluding hydrogens is 620 g/mol. The molecule has 3 heterocycles. The fourth-order valence-electron chi connectivity index (χ4n) is 7.97. The van der Waals surface area contributed by atoms with E-state index in [0.717, 1.165) is 24.1 Å². The van der Waals surface area contributed by atoms with Crippen molar-refractivity contribution in [3.8, 4) is 0 Å². The molecule has 2 aromatic carbocycles. The van der Waals surface area contributed by atoms with Crippen LogP contribution in [0.1, 0.15) is 70.4 Å². The monoisotopic (exact) mass is 678 g/mol. The van der Waals surface area contributed by atoms with Crippen molar-refractivity contribution in [1.29, 1.82) is 0 Å². The van der Waals surface area contributed by atoms with E-state index < -0.39 is 24.5 Å². The summed E-state index contributed by atoms with van der Waals surface area (Å²) in [6, 6.07) is 18.4. The Labute approximate surface area is 291 Å². The van der Waals surface area contributed by atoms with E-state index in [0.29, 0.717) is 52.0 Å². The first-order valence-electron chi connectivity index (χ1n) is 18.3. The lowest BCUT2D eigenvalue weighted by atomic mass is 9.87. The predicted octanol–water partition coefficient (Wildman–Crippen LogP) is 2.48. The Morgan fingerprint density at radius 1 is 0.980 bits per heavy atom. The molecule has 2 aromatic rings. The summed E-state index contributed by atoms with van der Waals surface area (Å²) in [4.78, 5) is 19.6. The minimum atomic E-state index is -1.05. The van der Waals surface area contributed by atoms with Crippen molar-refractivity contribution >= 4 is 11.7 Å². The van der Waals surface area contributed by atoms with Crippen LogP contribution in [-0.4, -0.2) is 113 Å². The average molecular weight is 679 g/mol. The third kappa shape index (κ3) is 8.81. The topological polar surface area (TPSA) is 151 Å². The van der Waals surface area contributed by atoms with Gasteiger partial charge in [-0.05, 0) is 47.9 Å². The van der Waals surface area contributed by atoms with Crippen LogP contribution in [0.2, 0.25) is 0 Å². The number of ether oxygens (including phenoxy) is 1. The van der Waals surface area contributed by atoms with Gasteiger partial charge in [0.05, 0.1) is 31.7 Å². The Balaban J connectivity index is 1.06. The van der Waals surface area contributed by atoms with Gasteiger partial charge in [-0.2, -0.15) is 0 Å². The maximum absolute atomic E-state index is 12.7. The lowest BCUT2D eigenvalue weighted by Gasteiger charge is -2.49. The van der Waals surface area contributed by atoms with E-state index in [1.165, 1.54) is 24.8 Å². The summed E-state index contributed by atoms with van der Waals surface area (Å²) in [5.41, 5.74) is 9.69. The van der Waals surface area contributed by atoms with Crippen LogP contribution >= 0.6 is 0 Å². The van der Waals surface area contributed by atoms with Gasteiger partial charge in [0.2, 0.25) is 0 Å². The normalized spacial score (nSPS) is 30.1. The molecule has 270 valence electrons. The minimum absolute atomic E-state index is 0.00944. The van der Waals surface area contributed by atoms with E-state index in [2.05, 4.69) is 68.9 Å². The molecule has 12 heteroatoms. The van der Waals surface area contributed by atoms with E-state index in [1.54, 1.807) is 0 Å². The van der Waals surface area contributed by atoms with Crippen LogP contribution in [0.4, 0.5) is 10.5 Å². The van der Waals surface area contributed by atoms with Crippen molar-refractivity contribution in [2.24, 2.45) is 5.73 Å². The molecule has 3 saturated heterocycles. The van der Waals surface area contributed by atoms with Crippen LogP contribution < -0.4 is 27.0 Å². The first-order chi connectivity index (χ1) is 23.6. The molecule has 7 atom stereocenters. The highest BCUT2D eigenvalue weighted by Gasteiger charge is 2.54. The molecule has 4 aliphatic rings. The number of nitrogens with two attached hydrogens (primary N) is 1. The van der Waals surface area contributed by atoms with Gasteiger partial charge >= 0.3 is 6.03 Å². The average Bonchev–Trinajstić information content (AvgIpc) is 3.65. The van der Waals surface area contributed by atoms with Gasteiger partial charge in [0.1, 0.15) is 24.5 Å². The molecule has 2 amide bonds. The number of benzene rings is 2. The second kappa shape index (κ2) is 16.1. The number of rotatable bonds is 11. The van der Waals surface area contributed by atoms with E-state index >= 15 is 0 Å². The van der Waals surface area contributed by atoms with Crippen LogP contribution in [-0.2, 0) is 16.7 Å². The van der Waals surface area contributed by atoms with Crippen LogP contribution in [0.5, 0.6) is 0 Å². The lowest BCUT2D eigenvalue weighted by molar-refractivity contribution is -0.140. The molecule has 0 aromatic heterocycles. The molecule has 0 bridgehead atoms. The fourth-order valence-corrected chi connectivity index (χ4v) is 7.97. The van der Waals surface area contributed by atoms with Crippen molar-refractivity contribution in [2.45, 2.75) is 120 Å². The van der Waals surface area contributed by atoms with Gasteiger partial charge in [-0.15, -0.1) is 0 Å². The molecule has 4 fully saturated rings. The van der Waals surface area contributed by atoms with E-state index in [4.69, 9.17) is 10.5 Å². The quantitative estimate of drug-likeness (QED) is 0.177. The molecular formula is C37H58N8O4. The number of nitrogens with zero attached hydrogens (tertiary/aromatic N) is 3. The Kier molecular flexibility index (Phi) is 11.9. The van der Waals surface area contributed by atoms with Crippen LogP contribution in [0, 0.1) is 0 Å². The van der Waals surface area contributed by atoms with Crippen molar-refractivity contribution in [3.05, 3.63) is 65.7 Å². The first-order valence-corrected chi connectivity index (χ1v) is 18.3. The van der Waals surface area contributed by atoms with Gasteiger partial charge < -0.3 is 31.3 Å². The summed E-state index contributed by atoms with van der Waals surface area (Å²) in [5, 5.41) is 35.7. The number of fused-ring (bicyclic) bond motifs is 1. The second-order valence-corrected chi connectivity index (χ2v) is 15.3. The largest absolute Gasteiger partial charge is 0.387 e. The highest BCUT2D eigenvalue weighted by Crippen LogP contribution is 2.34. The molecule has 1 aliphatic carbocycles. The van der Waals surface area contributed by atoms with Gasteiger partial charge in [-0.3, -0.25) is 20.4 Å². The summed E-state index contributed by atoms with van der Waals surface area (Å²) in [7, 11) is 0. The highest BCUT2D eigenvalue weighted by atomic mass is 16.6. The Bertz CT molecular complexity index is 1340. The third-order valence-corrected chi connectivity index (χ3v) is 10.7. The van der Waals surface area contributed by atoms with E-state index in [-0.39, 0.29) is 29.8 Å². The lowest BCUT2D eigenvalue weighted by Crippen LogP contribution is -2.71. The SMILES string of the molecule is CC(C)(C)c1ccc(NC(=O)NCCCN(Cc2ccccc2)CC2OC(N3CNC4C(N)NCN(C5CCCCC5)C43)C(O)C2O)cc1. The smallest absolute Gasteiger partial charge is 0.319 e. The number of urea groups is 1. The number of hydrogen-bond donors (Lipinski definition) is 7. The van der Waals surface area contributed by atoms with E-state index in [1.807, 2.05) is 42.5 Å². The van der Waals surface area contributed by atoms with Crippen molar-refractivity contribution in [1.82, 2.24) is 30.7 Å². The molecule has 1 saturated carbocycles. The number of hydrogen-bond acceptors (Lipinski definition) is 10. The van der Waals surface area contributed by atoms with Gasteiger partial charge in [0.25, 0.3) is 0 Å². The number of aliphatic hydroxyl groups is 2. The van der Waals surface area contributed by atoms with Gasteiger partial charge in [-0.25, -0.2) is 9.69 Å². The molecule has 6 rings (SSSR count). The Morgan fingerprint density at radius 2 is 1.69 bits per heavy atom. The number of nitrogens with one attached hydrogen (secondary N) is 4. The van der Waals surface area contributed by atoms with Crippen LogP contribution in [0.25, 0.3) is 0 Å². The van der Waals surface area contributed by atoms with Crippen molar-refractivity contribution in [2.75, 3.05) is 38.3 Å². The zero-order valence-electron chi connectivity index (χ0n) is 29.4. The van der Waals surface area contributed by atoms with Gasteiger partial charge in [-0.1, -0.05) is 82.5 Å². The summed E-state index contributed by atoms with van der Waals surface area (Å²) in [6.07, 6.45) is 3.20. The van der Waals surface area contributed by atoms with Gasteiger partial charge in [0, 0.05) is 37.9 Å². The zero-order valence-corrected chi connectivity index (χ0v) is 29.4. The number of carbonyl (C=O) groups excluding carboxylic acids is 1. The molecule has 0 spiro atoms. The number of amides is 2. The molecule has 7 unspecified atom stereocenters. The number of anilines is 1. The third-order valence-electron chi connectivity index (χ3n) is 10.7. The second-order valence-electron chi connectivity index (χ2n) is 15.3. The highest BCUT2D eigenvalue weighted by molar-refractivity contribution is 5.89.